The van der Waals surface area contributed by atoms with Crippen LogP contribution in [-0.4, -0.2) is 40.2 Å². The molecule has 6 heteroatoms. The average Bonchev–Trinajstić information content (AvgIpc) is 3.45. The Balaban J connectivity index is 1.56. The maximum Gasteiger partial charge on any atom is 0.257 e. The summed E-state index contributed by atoms with van der Waals surface area (Å²) in [5.74, 6) is 0.860. The van der Waals surface area contributed by atoms with Crippen LogP contribution < -0.4 is 0 Å². The third-order valence-corrected chi connectivity index (χ3v) is 6.54. The van der Waals surface area contributed by atoms with Crippen molar-refractivity contribution in [3.8, 4) is 0 Å². The fourth-order valence-corrected chi connectivity index (χ4v) is 4.95. The van der Waals surface area contributed by atoms with E-state index in [0.717, 1.165) is 16.3 Å². The molecule has 0 saturated heterocycles. The number of hydrazone groups is 1. The lowest BCUT2D eigenvalue weighted by Gasteiger charge is -2.33. The Labute approximate surface area is 164 Å². The van der Waals surface area contributed by atoms with Gasteiger partial charge in [-0.05, 0) is 50.3 Å². The Kier molecular flexibility index (Phi) is 5.45. The number of carbonyl (C=O) groups is 1. The molecule has 1 fully saturated rings. The first-order chi connectivity index (χ1) is 13.1. The van der Waals surface area contributed by atoms with E-state index in [4.69, 9.17) is 9.52 Å². The SMILES string of the molecule is CC(C)N(CC(=O)N1N=C(c2cccs2)CC1c1ccco1)C1CCCC1. The third kappa shape index (κ3) is 3.87. The van der Waals surface area contributed by atoms with Crippen molar-refractivity contribution in [2.24, 2.45) is 5.10 Å². The van der Waals surface area contributed by atoms with E-state index < -0.39 is 0 Å². The Morgan fingerprint density at radius 2 is 2.15 bits per heavy atom. The van der Waals surface area contributed by atoms with Crippen LogP contribution in [0, 0.1) is 0 Å². The van der Waals surface area contributed by atoms with Gasteiger partial charge in [0.25, 0.3) is 5.91 Å². The lowest BCUT2D eigenvalue weighted by atomic mass is 10.1. The molecule has 1 aliphatic carbocycles. The molecular formula is C21H27N3O2S. The van der Waals surface area contributed by atoms with E-state index in [1.54, 1.807) is 22.6 Å². The minimum atomic E-state index is -0.151. The molecule has 2 aromatic heterocycles. The predicted molar refractivity (Wildman–Crippen MR) is 108 cm³/mol. The lowest BCUT2D eigenvalue weighted by Crippen LogP contribution is -2.45. The second-order valence-electron chi connectivity index (χ2n) is 7.70. The molecule has 2 aliphatic rings. The molecule has 144 valence electrons. The van der Waals surface area contributed by atoms with E-state index in [1.165, 1.54) is 25.7 Å². The van der Waals surface area contributed by atoms with Crippen LogP contribution in [-0.2, 0) is 4.79 Å². The first kappa shape index (κ1) is 18.4. The topological polar surface area (TPSA) is 49.1 Å². The van der Waals surface area contributed by atoms with Crippen LogP contribution in [0.2, 0.25) is 0 Å². The molecule has 4 rings (SSSR count). The van der Waals surface area contributed by atoms with Gasteiger partial charge < -0.3 is 4.42 Å². The summed E-state index contributed by atoms with van der Waals surface area (Å²) in [5, 5.41) is 8.44. The Hall–Kier alpha value is -1.92. The fourth-order valence-electron chi connectivity index (χ4n) is 4.23. The highest BCUT2D eigenvalue weighted by atomic mass is 32.1. The lowest BCUT2D eigenvalue weighted by molar-refractivity contribution is -0.135. The van der Waals surface area contributed by atoms with Gasteiger partial charge in [-0.15, -0.1) is 11.3 Å². The Morgan fingerprint density at radius 3 is 2.78 bits per heavy atom. The Morgan fingerprint density at radius 1 is 1.33 bits per heavy atom. The number of hydrogen-bond donors (Lipinski definition) is 0. The van der Waals surface area contributed by atoms with Crippen LogP contribution in [0.25, 0.3) is 0 Å². The van der Waals surface area contributed by atoms with Crippen molar-refractivity contribution in [2.75, 3.05) is 6.54 Å². The highest BCUT2D eigenvalue weighted by molar-refractivity contribution is 7.12. The maximum atomic E-state index is 13.3. The molecule has 0 spiro atoms. The highest BCUT2D eigenvalue weighted by Crippen LogP contribution is 2.34. The summed E-state index contributed by atoms with van der Waals surface area (Å²) in [6, 6.07) is 8.62. The van der Waals surface area contributed by atoms with Crippen LogP contribution in [0.1, 0.15) is 62.6 Å². The second kappa shape index (κ2) is 7.98. The zero-order valence-electron chi connectivity index (χ0n) is 16.0. The monoisotopic (exact) mass is 385 g/mol. The van der Waals surface area contributed by atoms with Gasteiger partial charge in [-0.1, -0.05) is 18.9 Å². The number of nitrogens with zero attached hydrogens (tertiary/aromatic N) is 3. The van der Waals surface area contributed by atoms with Crippen LogP contribution >= 0.6 is 11.3 Å². The van der Waals surface area contributed by atoms with Crippen LogP contribution in [0.5, 0.6) is 0 Å². The van der Waals surface area contributed by atoms with Crippen molar-refractivity contribution in [1.29, 1.82) is 0 Å². The maximum absolute atomic E-state index is 13.3. The van der Waals surface area contributed by atoms with E-state index >= 15 is 0 Å². The highest BCUT2D eigenvalue weighted by Gasteiger charge is 2.37. The minimum Gasteiger partial charge on any atom is -0.467 e. The number of carbonyl (C=O) groups excluding carboxylic acids is 1. The normalized spacial score (nSPS) is 20.8. The van der Waals surface area contributed by atoms with Crippen molar-refractivity contribution in [1.82, 2.24) is 9.91 Å². The Bertz CT molecular complexity index is 776. The zero-order valence-corrected chi connectivity index (χ0v) is 16.8. The van der Waals surface area contributed by atoms with Crippen molar-refractivity contribution < 1.29 is 9.21 Å². The number of furan rings is 1. The molecule has 0 N–H and O–H groups in total. The molecular weight excluding hydrogens is 358 g/mol. The molecule has 5 nitrogen and oxygen atoms in total. The molecule has 1 amide bonds. The summed E-state index contributed by atoms with van der Waals surface area (Å²) in [7, 11) is 0. The van der Waals surface area contributed by atoms with Crippen LogP contribution in [0.3, 0.4) is 0 Å². The van der Waals surface area contributed by atoms with Gasteiger partial charge in [0.1, 0.15) is 11.8 Å². The quantitative estimate of drug-likeness (QED) is 0.726. The van der Waals surface area contributed by atoms with E-state index in [2.05, 4.69) is 24.8 Å². The fraction of sp³-hybridized carbons (Fsp3) is 0.524. The summed E-state index contributed by atoms with van der Waals surface area (Å²) < 4.78 is 5.64. The van der Waals surface area contributed by atoms with Gasteiger partial charge in [0, 0.05) is 18.5 Å². The van der Waals surface area contributed by atoms with Crippen molar-refractivity contribution >= 4 is 23.0 Å². The average molecular weight is 386 g/mol. The molecule has 0 aromatic carbocycles. The molecule has 1 unspecified atom stereocenters. The molecule has 27 heavy (non-hydrogen) atoms. The molecule has 1 atom stereocenters. The molecule has 0 bridgehead atoms. The van der Waals surface area contributed by atoms with Gasteiger partial charge in [-0.25, -0.2) is 5.01 Å². The number of thiophene rings is 1. The van der Waals surface area contributed by atoms with Gasteiger partial charge in [0.05, 0.1) is 23.4 Å². The molecule has 0 radical (unpaired) electrons. The summed E-state index contributed by atoms with van der Waals surface area (Å²) in [5.41, 5.74) is 0.969. The first-order valence-electron chi connectivity index (χ1n) is 9.86. The van der Waals surface area contributed by atoms with Crippen molar-refractivity contribution in [3.63, 3.8) is 0 Å². The summed E-state index contributed by atoms with van der Waals surface area (Å²) >= 11 is 1.66. The van der Waals surface area contributed by atoms with Crippen LogP contribution in [0.4, 0.5) is 0 Å². The summed E-state index contributed by atoms with van der Waals surface area (Å²) in [6.45, 7) is 4.78. The van der Waals surface area contributed by atoms with E-state index in [0.29, 0.717) is 25.0 Å². The summed E-state index contributed by atoms with van der Waals surface area (Å²) in [4.78, 5) is 16.8. The van der Waals surface area contributed by atoms with Gasteiger partial charge in [-0.2, -0.15) is 5.10 Å². The molecule has 1 saturated carbocycles. The van der Waals surface area contributed by atoms with E-state index in [9.17, 15) is 4.79 Å². The minimum absolute atomic E-state index is 0.0588. The number of hydrogen-bond acceptors (Lipinski definition) is 5. The standard InChI is InChI=1S/C21H27N3O2S/c1-15(2)23(16-7-3-4-8-16)14-21(25)24-18(19-9-5-11-26-19)13-17(22-24)20-10-6-12-27-20/h5-6,9-12,15-16,18H,3-4,7-8,13-14H2,1-2H3. The molecule has 3 heterocycles. The van der Waals surface area contributed by atoms with E-state index in [1.807, 2.05) is 23.6 Å². The first-order valence-corrected chi connectivity index (χ1v) is 10.7. The largest absolute Gasteiger partial charge is 0.467 e. The van der Waals surface area contributed by atoms with Gasteiger partial charge >= 0.3 is 0 Å². The van der Waals surface area contributed by atoms with Gasteiger partial charge in [-0.3, -0.25) is 9.69 Å². The number of amides is 1. The van der Waals surface area contributed by atoms with Crippen molar-refractivity contribution in [2.45, 2.75) is 64.1 Å². The molecule has 1 aliphatic heterocycles. The smallest absolute Gasteiger partial charge is 0.257 e. The van der Waals surface area contributed by atoms with Gasteiger partial charge in [0.2, 0.25) is 0 Å². The predicted octanol–water partition coefficient (Wildman–Crippen LogP) is 4.67. The van der Waals surface area contributed by atoms with Crippen molar-refractivity contribution in [3.05, 3.63) is 46.5 Å². The molecule has 2 aromatic rings. The van der Waals surface area contributed by atoms with E-state index in [-0.39, 0.29) is 11.9 Å². The number of rotatable bonds is 6. The third-order valence-electron chi connectivity index (χ3n) is 5.62. The van der Waals surface area contributed by atoms with Gasteiger partial charge in [0.15, 0.2) is 0 Å². The van der Waals surface area contributed by atoms with Crippen LogP contribution in [0.15, 0.2) is 45.4 Å². The summed E-state index contributed by atoms with van der Waals surface area (Å²) in [6.07, 6.45) is 7.28. The second-order valence-corrected chi connectivity index (χ2v) is 8.65. The zero-order chi connectivity index (χ0) is 18.8.